The number of fused-ring (bicyclic) bond motifs is 1. The fourth-order valence-corrected chi connectivity index (χ4v) is 5.68. The van der Waals surface area contributed by atoms with Crippen molar-refractivity contribution in [3.05, 3.63) is 22.5 Å². The summed E-state index contributed by atoms with van der Waals surface area (Å²) in [4.78, 5) is 14.6. The van der Waals surface area contributed by atoms with Crippen molar-refractivity contribution in [2.75, 3.05) is 13.1 Å². The molecule has 0 aromatic carbocycles. The van der Waals surface area contributed by atoms with Gasteiger partial charge in [0.1, 0.15) is 10.7 Å². The zero-order chi connectivity index (χ0) is 18.3. The van der Waals surface area contributed by atoms with Crippen LogP contribution in [-0.4, -0.2) is 39.2 Å². The van der Waals surface area contributed by atoms with Gasteiger partial charge < -0.3 is 5.11 Å². The minimum absolute atomic E-state index is 0. The number of aryl methyl sites for hydroxylation is 1. The molecule has 1 saturated heterocycles. The average Bonchev–Trinajstić information content (AvgIpc) is 3.01. The Balaban J connectivity index is 0.00000210. The number of aliphatic hydroxyl groups is 1. The van der Waals surface area contributed by atoms with Gasteiger partial charge in [-0.2, -0.15) is 0 Å². The predicted octanol–water partition coefficient (Wildman–Crippen LogP) is 5.06. The van der Waals surface area contributed by atoms with E-state index in [1.54, 1.807) is 0 Å². The van der Waals surface area contributed by atoms with Gasteiger partial charge in [0.05, 0.1) is 11.8 Å². The maximum absolute atomic E-state index is 9.74. The van der Waals surface area contributed by atoms with Crippen LogP contribution in [0.3, 0.4) is 0 Å². The van der Waals surface area contributed by atoms with Crippen LogP contribution in [0.15, 0.2) is 6.07 Å². The normalized spacial score (nSPS) is 22.1. The van der Waals surface area contributed by atoms with E-state index in [9.17, 15) is 5.11 Å². The lowest BCUT2D eigenvalue weighted by molar-refractivity contribution is 0.0788. The molecule has 6 heteroatoms. The molecular formula is C21H32ClN3OS. The smallest absolute Gasteiger partial charge is 0.127 e. The molecule has 27 heavy (non-hydrogen) atoms. The Bertz CT molecular complexity index is 773. The first kappa shape index (κ1) is 21.0. The fraction of sp³-hybridized carbons (Fsp3) is 0.714. The largest absolute Gasteiger partial charge is 0.393 e. The van der Waals surface area contributed by atoms with Crippen molar-refractivity contribution >= 4 is 34.0 Å². The Labute approximate surface area is 172 Å². The van der Waals surface area contributed by atoms with Crippen molar-refractivity contribution in [3.63, 3.8) is 0 Å². The second-order valence-corrected chi connectivity index (χ2v) is 10.1. The van der Waals surface area contributed by atoms with Crippen LogP contribution in [0, 0.1) is 12.3 Å². The summed E-state index contributed by atoms with van der Waals surface area (Å²) in [5.74, 6) is 1.57. The van der Waals surface area contributed by atoms with Gasteiger partial charge >= 0.3 is 0 Å². The average molecular weight is 410 g/mol. The van der Waals surface area contributed by atoms with E-state index >= 15 is 0 Å². The summed E-state index contributed by atoms with van der Waals surface area (Å²) in [6, 6.07) is 2.39. The number of nitrogens with zero attached hydrogens (tertiary/aromatic N) is 3. The number of hydrogen-bond acceptors (Lipinski definition) is 5. The van der Waals surface area contributed by atoms with Crippen molar-refractivity contribution in [1.29, 1.82) is 0 Å². The first-order chi connectivity index (χ1) is 12.4. The predicted molar refractivity (Wildman–Crippen MR) is 115 cm³/mol. The van der Waals surface area contributed by atoms with E-state index in [2.05, 4.69) is 24.8 Å². The van der Waals surface area contributed by atoms with Crippen LogP contribution in [0.25, 0.3) is 10.2 Å². The highest BCUT2D eigenvalue weighted by Gasteiger charge is 2.29. The molecule has 1 N–H and O–H groups in total. The Hall–Kier alpha value is -0.750. The molecule has 0 amide bonds. The Morgan fingerprint density at radius 1 is 1.15 bits per heavy atom. The summed E-state index contributed by atoms with van der Waals surface area (Å²) in [5.41, 5.74) is 1.68. The van der Waals surface area contributed by atoms with Crippen LogP contribution in [-0.2, 0) is 6.54 Å². The molecule has 0 atom stereocenters. The molecule has 0 unspecified atom stereocenters. The second-order valence-electron chi connectivity index (χ2n) is 9.03. The quantitative estimate of drug-likeness (QED) is 0.769. The zero-order valence-electron chi connectivity index (χ0n) is 16.7. The molecule has 4 nitrogen and oxygen atoms in total. The summed E-state index contributed by atoms with van der Waals surface area (Å²) in [5, 5.41) is 11.0. The zero-order valence-corrected chi connectivity index (χ0v) is 18.3. The number of piperidine rings is 1. The van der Waals surface area contributed by atoms with Gasteiger partial charge in [0, 0.05) is 29.9 Å². The van der Waals surface area contributed by atoms with Crippen LogP contribution >= 0.6 is 23.7 Å². The number of aromatic nitrogens is 2. The van der Waals surface area contributed by atoms with Crippen molar-refractivity contribution < 1.29 is 5.11 Å². The van der Waals surface area contributed by atoms with Crippen molar-refractivity contribution in [2.45, 2.75) is 77.9 Å². The highest BCUT2D eigenvalue weighted by atomic mass is 35.5. The van der Waals surface area contributed by atoms with Gasteiger partial charge in [-0.15, -0.1) is 23.7 Å². The number of hydrogen-bond donors (Lipinski definition) is 1. The lowest BCUT2D eigenvalue weighted by Crippen LogP contribution is -2.35. The number of rotatable bonds is 3. The number of likely N-dealkylation sites (tertiary alicyclic amines) is 1. The highest BCUT2D eigenvalue weighted by molar-refractivity contribution is 7.18. The third kappa shape index (κ3) is 4.81. The molecule has 2 aliphatic rings. The Morgan fingerprint density at radius 3 is 2.48 bits per heavy atom. The number of halogens is 1. The van der Waals surface area contributed by atoms with E-state index in [1.807, 2.05) is 18.3 Å². The first-order valence-corrected chi connectivity index (χ1v) is 10.9. The standard InChI is InChI=1S/C21H31N3OS.ClH/c1-14-22-18(13-24-10-6-16(25)7-11-24)17-12-19(26-20(17)23-14)15-4-8-21(2,3)9-5-15;/h12,15-16,25H,4-11,13H2,1-3H3;1H. The van der Waals surface area contributed by atoms with Crippen LogP contribution < -0.4 is 0 Å². The van der Waals surface area contributed by atoms with E-state index < -0.39 is 0 Å². The summed E-state index contributed by atoms with van der Waals surface area (Å²) >= 11 is 1.89. The van der Waals surface area contributed by atoms with E-state index in [1.165, 1.54) is 41.6 Å². The summed E-state index contributed by atoms with van der Waals surface area (Å²) < 4.78 is 0. The molecule has 3 heterocycles. The van der Waals surface area contributed by atoms with Gasteiger partial charge in [-0.1, -0.05) is 13.8 Å². The molecule has 1 saturated carbocycles. The van der Waals surface area contributed by atoms with E-state index in [4.69, 9.17) is 9.97 Å². The third-order valence-electron chi connectivity index (χ3n) is 6.27. The number of aliphatic hydroxyl groups excluding tert-OH is 1. The molecule has 1 aliphatic carbocycles. The van der Waals surface area contributed by atoms with Gasteiger partial charge in [-0.25, -0.2) is 9.97 Å². The SMILES string of the molecule is Cc1nc(CN2CCC(O)CC2)c2cc(C3CCC(C)(C)CC3)sc2n1.Cl. The van der Waals surface area contributed by atoms with Gasteiger partial charge in [0.2, 0.25) is 0 Å². The highest BCUT2D eigenvalue weighted by Crippen LogP contribution is 2.45. The lowest BCUT2D eigenvalue weighted by atomic mass is 9.73. The topological polar surface area (TPSA) is 49.2 Å². The van der Waals surface area contributed by atoms with Crippen molar-refractivity contribution in [2.24, 2.45) is 5.41 Å². The molecule has 2 aromatic rings. The molecule has 150 valence electrons. The minimum Gasteiger partial charge on any atom is -0.393 e. The molecule has 0 radical (unpaired) electrons. The molecule has 2 aromatic heterocycles. The molecule has 2 fully saturated rings. The van der Waals surface area contributed by atoms with Crippen LogP contribution in [0.4, 0.5) is 0 Å². The maximum atomic E-state index is 9.74. The molecular weight excluding hydrogens is 378 g/mol. The van der Waals surface area contributed by atoms with Gasteiger partial charge in [-0.05, 0) is 62.8 Å². The Kier molecular flexibility index (Phi) is 6.46. The first-order valence-electron chi connectivity index (χ1n) is 10.1. The number of thiophene rings is 1. The monoisotopic (exact) mass is 409 g/mol. The lowest BCUT2D eigenvalue weighted by Gasteiger charge is -2.33. The Morgan fingerprint density at radius 2 is 1.81 bits per heavy atom. The van der Waals surface area contributed by atoms with Gasteiger partial charge in [0.25, 0.3) is 0 Å². The van der Waals surface area contributed by atoms with Gasteiger partial charge in [0.15, 0.2) is 0 Å². The summed E-state index contributed by atoms with van der Waals surface area (Å²) in [7, 11) is 0. The summed E-state index contributed by atoms with van der Waals surface area (Å²) in [6.07, 6.45) is 6.86. The van der Waals surface area contributed by atoms with Crippen molar-refractivity contribution in [3.8, 4) is 0 Å². The van der Waals surface area contributed by atoms with Crippen LogP contribution in [0.5, 0.6) is 0 Å². The molecule has 1 aliphatic heterocycles. The summed E-state index contributed by atoms with van der Waals surface area (Å²) in [6.45, 7) is 9.60. The third-order valence-corrected chi connectivity index (χ3v) is 7.47. The molecule has 0 bridgehead atoms. The van der Waals surface area contributed by atoms with Crippen LogP contribution in [0.2, 0.25) is 0 Å². The molecule has 0 spiro atoms. The second kappa shape index (κ2) is 8.32. The fourth-order valence-electron chi connectivity index (χ4n) is 4.41. The van der Waals surface area contributed by atoms with E-state index in [0.717, 1.165) is 43.1 Å². The minimum atomic E-state index is -0.123. The maximum Gasteiger partial charge on any atom is 0.127 e. The van der Waals surface area contributed by atoms with Gasteiger partial charge in [-0.3, -0.25) is 4.90 Å². The molecule has 4 rings (SSSR count). The van der Waals surface area contributed by atoms with Crippen molar-refractivity contribution in [1.82, 2.24) is 14.9 Å². The van der Waals surface area contributed by atoms with E-state index in [-0.39, 0.29) is 18.5 Å². The van der Waals surface area contributed by atoms with Crippen LogP contribution in [0.1, 0.15) is 74.7 Å². The van der Waals surface area contributed by atoms with E-state index in [0.29, 0.717) is 11.3 Å².